The number of aromatic nitrogens is 4. The van der Waals surface area contributed by atoms with Crippen LogP contribution in [0.25, 0.3) is 5.78 Å². The van der Waals surface area contributed by atoms with Crippen LogP contribution in [0.3, 0.4) is 0 Å². The molecule has 0 aliphatic heterocycles. The molecule has 3 heterocycles. The standard InChI is InChI=1S/C12H12BrN5O/c1-8-6-11(18-12(17-8)15-7-16-18)14-5-4-9-2-3-10(13)19-9/h2-3,6-7,14H,4-5H2,1H3. The maximum absolute atomic E-state index is 5.45. The Labute approximate surface area is 118 Å². The molecule has 0 bridgehead atoms. The first kappa shape index (κ1) is 12.2. The van der Waals surface area contributed by atoms with Crippen molar-refractivity contribution < 1.29 is 4.42 Å². The van der Waals surface area contributed by atoms with Crippen molar-refractivity contribution in [1.29, 1.82) is 0 Å². The number of halogens is 1. The van der Waals surface area contributed by atoms with Crippen molar-refractivity contribution in [1.82, 2.24) is 19.6 Å². The molecule has 6 nitrogen and oxygen atoms in total. The quantitative estimate of drug-likeness (QED) is 0.799. The molecule has 19 heavy (non-hydrogen) atoms. The van der Waals surface area contributed by atoms with Crippen LogP contribution in [-0.2, 0) is 6.42 Å². The minimum Gasteiger partial charge on any atom is -0.454 e. The van der Waals surface area contributed by atoms with Gasteiger partial charge in [-0.15, -0.1) is 0 Å². The van der Waals surface area contributed by atoms with Gasteiger partial charge < -0.3 is 9.73 Å². The van der Waals surface area contributed by atoms with Crippen LogP contribution in [0.15, 0.2) is 33.6 Å². The van der Waals surface area contributed by atoms with Crippen LogP contribution in [0.2, 0.25) is 0 Å². The summed E-state index contributed by atoms with van der Waals surface area (Å²) in [6.07, 6.45) is 2.29. The largest absolute Gasteiger partial charge is 0.454 e. The maximum atomic E-state index is 5.45. The minimum atomic E-state index is 0.600. The summed E-state index contributed by atoms with van der Waals surface area (Å²) in [6.45, 7) is 2.68. The fourth-order valence-electron chi connectivity index (χ4n) is 1.86. The van der Waals surface area contributed by atoms with Gasteiger partial charge in [-0.1, -0.05) is 0 Å². The van der Waals surface area contributed by atoms with Crippen molar-refractivity contribution in [2.24, 2.45) is 0 Å². The van der Waals surface area contributed by atoms with Crippen molar-refractivity contribution in [2.75, 3.05) is 11.9 Å². The van der Waals surface area contributed by atoms with Crippen LogP contribution in [0.4, 0.5) is 5.82 Å². The lowest BCUT2D eigenvalue weighted by atomic mass is 10.3. The number of fused-ring (bicyclic) bond motifs is 1. The summed E-state index contributed by atoms with van der Waals surface area (Å²) in [5.74, 6) is 2.41. The van der Waals surface area contributed by atoms with Crippen LogP contribution in [0.5, 0.6) is 0 Å². The van der Waals surface area contributed by atoms with Gasteiger partial charge in [-0.05, 0) is 35.0 Å². The third-order valence-corrected chi connectivity index (χ3v) is 3.11. The molecule has 0 saturated carbocycles. The lowest BCUT2D eigenvalue weighted by Crippen LogP contribution is -2.09. The van der Waals surface area contributed by atoms with E-state index in [1.54, 1.807) is 4.52 Å². The van der Waals surface area contributed by atoms with Gasteiger partial charge in [-0.2, -0.15) is 14.6 Å². The molecule has 0 aliphatic rings. The smallest absolute Gasteiger partial charge is 0.254 e. The fourth-order valence-corrected chi connectivity index (χ4v) is 2.20. The molecule has 0 unspecified atom stereocenters. The normalized spacial score (nSPS) is 11.1. The molecule has 98 valence electrons. The second-order valence-electron chi connectivity index (χ2n) is 4.14. The first-order valence-corrected chi connectivity index (χ1v) is 6.67. The summed E-state index contributed by atoms with van der Waals surface area (Å²) in [5, 5.41) is 7.46. The molecule has 3 rings (SSSR count). The Morgan fingerprint density at radius 2 is 2.32 bits per heavy atom. The first-order chi connectivity index (χ1) is 9.22. The number of rotatable bonds is 4. The molecule has 7 heteroatoms. The highest BCUT2D eigenvalue weighted by Gasteiger charge is 2.05. The number of anilines is 1. The summed E-state index contributed by atoms with van der Waals surface area (Å²) in [4.78, 5) is 8.38. The maximum Gasteiger partial charge on any atom is 0.254 e. The second-order valence-corrected chi connectivity index (χ2v) is 4.92. The zero-order valence-electron chi connectivity index (χ0n) is 10.3. The zero-order valence-corrected chi connectivity index (χ0v) is 11.9. The van der Waals surface area contributed by atoms with Gasteiger partial charge in [0.05, 0.1) is 0 Å². The number of nitrogens with zero attached hydrogens (tertiary/aromatic N) is 4. The van der Waals surface area contributed by atoms with E-state index < -0.39 is 0 Å². The van der Waals surface area contributed by atoms with Gasteiger partial charge in [-0.3, -0.25) is 0 Å². The van der Waals surface area contributed by atoms with Crippen molar-refractivity contribution in [2.45, 2.75) is 13.3 Å². The Balaban J connectivity index is 1.73. The summed E-state index contributed by atoms with van der Waals surface area (Å²) < 4.78 is 7.88. The van der Waals surface area contributed by atoms with Gasteiger partial charge >= 0.3 is 0 Å². The van der Waals surface area contributed by atoms with Crippen molar-refractivity contribution in [3.8, 4) is 0 Å². The van der Waals surface area contributed by atoms with E-state index in [1.165, 1.54) is 6.33 Å². The van der Waals surface area contributed by atoms with Gasteiger partial charge in [0, 0.05) is 24.7 Å². The molecule has 0 amide bonds. The van der Waals surface area contributed by atoms with E-state index in [4.69, 9.17) is 4.42 Å². The van der Waals surface area contributed by atoms with Gasteiger partial charge in [0.2, 0.25) is 0 Å². The predicted octanol–water partition coefficient (Wildman–Crippen LogP) is 2.44. The number of furan rings is 1. The van der Waals surface area contributed by atoms with E-state index >= 15 is 0 Å². The van der Waals surface area contributed by atoms with Gasteiger partial charge in [0.15, 0.2) is 4.67 Å². The van der Waals surface area contributed by atoms with E-state index in [0.717, 1.165) is 34.9 Å². The monoisotopic (exact) mass is 321 g/mol. The molecule has 0 saturated heterocycles. The highest BCUT2D eigenvalue weighted by atomic mass is 79.9. The number of hydrogen-bond donors (Lipinski definition) is 1. The molecular weight excluding hydrogens is 310 g/mol. The molecule has 0 spiro atoms. The third kappa shape index (κ3) is 2.60. The van der Waals surface area contributed by atoms with Crippen LogP contribution in [0, 0.1) is 6.92 Å². The molecular formula is C12H12BrN5O. The van der Waals surface area contributed by atoms with E-state index in [-0.39, 0.29) is 0 Å². The van der Waals surface area contributed by atoms with Gasteiger partial charge in [0.1, 0.15) is 17.9 Å². The summed E-state index contributed by atoms with van der Waals surface area (Å²) in [6, 6.07) is 5.79. The van der Waals surface area contributed by atoms with Crippen LogP contribution >= 0.6 is 15.9 Å². The molecule has 0 aromatic carbocycles. The molecule has 0 aliphatic carbocycles. The average molecular weight is 322 g/mol. The van der Waals surface area contributed by atoms with E-state index in [0.29, 0.717) is 5.78 Å². The Morgan fingerprint density at radius 3 is 3.11 bits per heavy atom. The average Bonchev–Trinajstić information content (AvgIpc) is 2.98. The number of aryl methyl sites for hydroxylation is 1. The Morgan fingerprint density at radius 1 is 1.42 bits per heavy atom. The van der Waals surface area contributed by atoms with Crippen molar-refractivity contribution >= 4 is 27.5 Å². The molecule has 0 atom stereocenters. The van der Waals surface area contributed by atoms with Gasteiger partial charge in [0.25, 0.3) is 5.78 Å². The predicted molar refractivity (Wildman–Crippen MR) is 74.1 cm³/mol. The zero-order chi connectivity index (χ0) is 13.2. The molecule has 0 fully saturated rings. The fraction of sp³-hybridized carbons (Fsp3) is 0.250. The highest BCUT2D eigenvalue weighted by Crippen LogP contribution is 2.15. The molecule has 3 aromatic heterocycles. The Kier molecular flexibility index (Phi) is 3.20. The van der Waals surface area contributed by atoms with Crippen molar-refractivity contribution in [3.63, 3.8) is 0 Å². The third-order valence-electron chi connectivity index (χ3n) is 2.69. The minimum absolute atomic E-state index is 0.600. The number of nitrogens with one attached hydrogen (secondary N) is 1. The lowest BCUT2D eigenvalue weighted by molar-refractivity contribution is 0.491. The summed E-state index contributed by atoms with van der Waals surface area (Å²) in [7, 11) is 0. The molecule has 1 N–H and O–H groups in total. The molecule has 0 radical (unpaired) electrons. The summed E-state index contributed by atoms with van der Waals surface area (Å²) in [5.41, 5.74) is 0.906. The summed E-state index contributed by atoms with van der Waals surface area (Å²) >= 11 is 3.29. The van der Waals surface area contributed by atoms with Crippen LogP contribution < -0.4 is 5.32 Å². The van der Waals surface area contributed by atoms with E-state index in [2.05, 4.69) is 36.3 Å². The SMILES string of the molecule is Cc1cc(NCCc2ccc(Br)o2)n2ncnc2n1. The Bertz CT molecular complexity index is 705. The van der Waals surface area contributed by atoms with E-state index in [9.17, 15) is 0 Å². The lowest BCUT2D eigenvalue weighted by Gasteiger charge is -2.07. The van der Waals surface area contributed by atoms with Crippen LogP contribution in [-0.4, -0.2) is 26.1 Å². The van der Waals surface area contributed by atoms with E-state index in [1.807, 2.05) is 25.1 Å². The topological polar surface area (TPSA) is 68.2 Å². The second kappa shape index (κ2) is 5.00. The number of hydrogen-bond acceptors (Lipinski definition) is 5. The van der Waals surface area contributed by atoms with Crippen molar-refractivity contribution in [3.05, 3.63) is 40.7 Å². The first-order valence-electron chi connectivity index (χ1n) is 5.88. The van der Waals surface area contributed by atoms with Crippen LogP contribution in [0.1, 0.15) is 11.5 Å². The van der Waals surface area contributed by atoms with Gasteiger partial charge in [-0.25, -0.2) is 4.98 Å². The highest BCUT2D eigenvalue weighted by molar-refractivity contribution is 9.10. The Hall–Kier alpha value is -1.89. The molecule has 3 aromatic rings.